The van der Waals surface area contributed by atoms with Crippen molar-refractivity contribution in [2.24, 2.45) is 0 Å². The van der Waals surface area contributed by atoms with E-state index < -0.39 is 11.7 Å². The summed E-state index contributed by atoms with van der Waals surface area (Å²) in [6.45, 7) is 1.14. The zero-order valence-corrected chi connectivity index (χ0v) is 16.1. The first-order valence-corrected chi connectivity index (χ1v) is 10.0. The summed E-state index contributed by atoms with van der Waals surface area (Å²) < 4.78 is 38.0. The average molecular weight is 417 g/mol. The van der Waals surface area contributed by atoms with E-state index in [0.29, 0.717) is 30.9 Å². The zero-order chi connectivity index (χ0) is 20.4. The van der Waals surface area contributed by atoms with Gasteiger partial charge in [0.05, 0.1) is 5.56 Å². The molecule has 4 nitrogen and oxygen atoms in total. The van der Waals surface area contributed by atoms with E-state index >= 15 is 0 Å². The molecule has 29 heavy (non-hydrogen) atoms. The molecule has 0 aliphatic carbocycles. The highest BCUT2D eigenvalue weighted by molar-refractivity contribution is 7.13. The number of thiophene rings is 1. The lowest BCUT2D eigenvalue weighted by Crippen LogP contribution is -2.37. The van der Waals surface area contributed by atoms with Crippen molar-refractivity contribution in [2.75, 3.05) is 18.0 Å². The van der Waals surface area contributed by atoms with E-state index in [9.17, 15) is 18.0 Å². The summed E-state index contributed by atoms with van der Waals surface area (Å²) in [4.78, 5) is 19.5. The van der Waals surface area contributed by atoms with Gasteiger partial charge in [-0.05, 0) is 47.7 Å². The van der Waals surface area contributed by atoms with E-state index in [1.54, 1.807) is 23.5 Å². The molecule has 1 aliphatic rings. The molecular formula is C21H18F3N3OS. The minimum absolute atomic E-state index is 0.0800. The number of benzene rings is 1. The number of nitrogens with zero attached hydrogens (tertiary/aromatic N) is 2. The highest BCUT2D eigenvalue weighted by atomic mass is 32.1. The number of anilines is 1. The molecule has 1 saturated heterocycles. The van der Waals surface area contributed by atoms with Crippen LogP contribution in [0.1, 0.15) is 22.3 Å². The molecule has 0 bridgehead atoms. The SMILES string of the molecule is O=C(NC1CCN(c2ccc(C(F)(F)F)cn2)C1)c1ccc(-c2cccs2)cc1. The third-order valence-corrected chi connectivity index (χ3v) is 5.79. The van der Waals surface area contributed by atoms with Crippen LogP contribution in [0.2, 0.25) is 0 Å². The highest BCUT2D eigenvalue weighted by Crippen LogP contribution is 2.30. The lowest BCUT2D eigenvalue weighted by atomic mass is 10.1. The number of amides is 1. The number of carbonyl (C=O) groups is 1. The van der Waals surface area contributed by atoms with Crippen LogP contribution in [0.5, 0.6) is 0 Å². The van der Waals surface area contributed by atoms with Crippen molar-refractivity contribution in [3.63, 3.8) is 0 Å². The van der Waals surface area contributed by atoms with Crippen LogP contribution in [0.3, 0.4) is 0 Å². The Balaban J connectivity index is 1.35. The molecule has 1 unspecified atom stereocenters. The number of alkyl halides is 3. The van der Waals surface area contributed by atoms with E-state index in [1.807, 2.05) is 34.5 Å². The van der Waals surface area contributed by atoms with E-state index in [2.05, 4.69) is 10.3 Å². The molecule has 1 aliphatic heterocycles. The van der Waals surface area contributed by atoms with E-state index in [1.165, 1.54) is 6.07 Å². The molecule has 1 amide bonds. The Hall–Kier alpha value is -2.87. The molecular weight excluding hydrogens is 399 g/mol. The molecule has 1 fully saturated rings. The molecule has 1 aromatic carbocycles. The Bertz CT molecular complexity index is 970. The summed E-state index contributed by atoms with van der Waals surface area (Å²) >= 11 is 1.64. The maximum atomic E-state index is 12.7. The molecule has 4 rings (SSSR count). The van der Waals surface area contributed by atoms with E-state index in [4.69, 9.17) is 0 Å². The van der Waals surface area contributed by atoms with Gasteiger partial charge in [-0.3, -0.25) is 4.79 Å². The minimum Gasteiger partial charge on any atom is -0.354 e. The van der Waals surface area contributed by atoms with Gasteiger partial charge in [0.2, 0.25) is 0 Å². The van der Waals surface area contributed by atoms with Crippen LogP contribution in [-0.4, -0.2) is 30.0 Å². The van der Waals surface area contributed by atoms with Gasteiger partial charge in [0.15, 0.2) is 0 Å². The Labute approximate surface area is 170 Å². The summed E-state index contributed by atoms with van der Waals surface area (Å²) in [5.41, 5.74) is 0.879. The quantitative estimate of drug-likeness (QED) is 0.661. The van der Waals surface area contributed by atoms with Crippen molar-refractivity contribution in [2.45, 2.75) is 18.6 Å². The number of halogens is 3. The van der Waals surface area contributed by atoms with Gasteiger partial charge in [0, 0.05) is 35.8 Å². The van der Waals surface area contributed by atoms with E-state index in [0.717, 1.165) is 22.7 Å². The Morgan fingerprint density at radius 3 is 2.55 bits per heavy atom. The van der Waals surface area contributed by atoms with Gasteiger partial charge in [-0.15, -0.1) is 11.3 Å². The molecule has 0 spiro atoms. The van der Waals surface area contributed by atoms with Crippen LogP contribution < -0.4 is 10.2 Å². The van der Waals surface area contributed by atoms with Crippen LogP contribution in [0, 0.1) is 0 Å². The fraction of sp³-hybridized carbons (Fsp3) is 0.238. The normalized spacial score (nSPS) is 16.8. The third-order valence-electron chi connectivity index (χ3n) is 4.88. The minimum atomic E-state index is -4.40. The standard InChI is InChI=1S/C21H18F3N3OS/c22-21(23,24)16-7-8-19(25-12-16)27-10-9-17(13-27)26-20(28)15-5-3-14(4-6-15)18-2-1-11-29-18/h1-8,11-12,17H,9-10,13H2,(H,26,28). The summed E-state index contributed by atoms with van der Waals surface area (Å²) in [5, 5.41) is 5.01. The summed E-state index contributed by atoms with van der Waals surface area (Å²) in [6.07, 6.45) is -2.84. The number of rotatable bonds is 4. The lowest BCUT2D eigenvalue weighted by Gasteiger charge is -2.18. The van der Waals surface area contributed by atoms with Gasteiger partial charge in [0.1, 0.15) is 5.82 Å². The molecule has 0 radical (unpaired) electrons. The molecule has 8 heteroatoms. The van der Waals surface area contributed by atoms with Crippen molar-refractivity contribution in [1.29, 1.82) is 0 Å². The molecule has 3 heterocycles. The van der Waals surface area contributed by atoms with E-state index in [-0.39, 0.29) is 11.9 Å². The Morgan fingerprint density at radius 2 is 1.93 bits per heavy atom. The molecule has 1 N–H and O–H groups in total. The maximum Gasteiger partial charge on any atom is 0.417 e. The van der Waals surface area contributed by atoms with Crippen LogP contribution >= 0.6 is 11.3 Å². The topological polar surface area (TPSA) is 45.2 Å². The Kier molecular flexibility index (Phi) is 5.27. The third kappa shape index (κ3) is 4.42. The second-order valence-electron chi connectivity index (χ2n) is 6.86. The molecule has 1 atom stereocenters. The molecule has 3 aromatic rings. The first-order chi connectivity index (χ1) is 13.9. The average Bonchev–Trinajstić information content (AvgIpc) is 3.40. The van der Waals surface area contributed by atoms with Gasteiger partial charge in [-0.1, -0.05) is 18.2 Å². The van der Waals surface area contributed by atoms with Crippen molar-refractivity contribution in [3.05, 3.63) is 71.2 Å². The van der Waals surface area contributed by atoms with Crippen LogP contribution in [0.15, 0.2) is 60.1 Å². The first kappa shape index (κ1) is 19.4. The van der Waals surface area contributed by atoms with Crippen molar-refractivity contribution < 1.29 is 18.0 Å². The first-order valence-electron chi connectivity index (χ1n) is 9.13. The number of nitrogens with one attached hydrogen (secondary N) is 1. The number of aromatic nitrogens is 1. The molecule has 150 valence electrons. The summed E-state index contributed by atoms with van der Waals surface area (Å²) in [6, 6.07) is 13.8. The lowest BCUT2D eigenvalue weighted by molar-refractivity contribution is -0.137. The van der Waals surface area contributed by atoms with Gasteiger partial charge < -0.3 is 10.2 Å². The number of carbonyl (C=O) groups excluding carboxylic acids is 1. The predicted octanol–water partition coefficient (Wildman–Crippen LogP) is 4.84. The van der Waals surface area contributed by atoms with Gasteiger partial charge >= 0.3 is 6.18 Å². The number of hydrogen-bond acceptors (Lipinski definition) is 4. The highest BCUT2D eigenvalue weighted by Gasteiger charge is 2.31. The second kappa shape index (κ2) is 7.87. The Morgan fingerprint density at radius 1 is 1.14 bits per heavy atom. The predicted molar refractivity (Wildman–Crippen MR) is 107 cm³/mol. The largest absolute Gasteiger partial charge is 0.417 e. The fourth-order valence-corrected chi connectivity index (χ4v) is 4.06. The van der Waals surface area contributed by atoms with Gasteiger partial charge in [-0.2, -0.15) is 13.2 Å². The smallest absolute Gasteiger partial charge is 0.354 e. The van der Waals surface area contributed by atoms with Crippen LogP contribution in [0.25, 0.3) is 10.4 Å². The second-order valence-corrected chi connectivity index (χ2v) is 7.81. The summed E-state index contributed by atoms with van der Waals surface area (Å²) in [5.74, 6) is 0.324. The maximum absolute atomic E-state index is 12.7. The van der Waals surface area contributed by atoms with Crippen LogP contribution in [-0.2, 0) is 6.18 Å². The molecule has 0 saturated carbocycles. The van der Waals surface area contributed by atoms with Crippen molar-refractivity contribution in [3.8, 4) is 10.4 Å². The van der Waals surface area contributed by atoms with Gasteiger partial charge in [0.25, 0.3) is 5.91 Å². The fourth-order valence-electron chi connectivity index (χ4n) is 3.32. The van der Waals surface area contributed by atoms with Crippen molar-refractivity contribution in [1.82, 2.24) is 10.3 Å². The molecule has 2 aromatic heterocycles. The zero-order valence-electron chi connectivity index (χ0n) is 15.3. The van der Waals surface area contributed by atoms with Gasteiger partial charge in [-0.25, -0.2) is 4.98 Å². The van der Waals surface area contributed by atoms with Crippen molar-refractivity contribution >= 4 is 23.1 Å². The van der Waals surface area contributed by atoms with Crippen LogP contribution in [0.4, 0.5) is 19.0 Å². The number of pyridine rings is 1. The number of hydrogen-bond donors (Lipinski definition) is 1. The summed E-state index contributed by atoms with van der Waals surface area (Å²) in [7, 11) is 0. The monoisotopic (exact) mass is 417 g/mol.